The maximum absolute atomic E-state index is 15.0. The first-order chi connectivity index (χ1) is 19.9. The Morgan fingerprint density at radius 1 is 0.902 bits per heavy atom. The fourth-order valence-electron chi connectivity index (χ4n) is 6.63. The van der Waals surface area contributed by atoms with Crippen LogP contribution < -0.4 is 10.6 Å². The third-order valence-electron chi connectivity index (χ3n) is 8.80. The van der Waals surface area contributed by atoms with Crippen molar-refractivity contribution in [3.05, 3.63) is 95.4 Å². The first kappa shape index (κ1) is 27.1. The van der Waals surface area contributed by atoms with E-state index in [9.17, 15) is 14.0 Å². The van der Waals surface area contributed by atoms with Crippen molar-refractivity contribution >= 4 is 34.1 Å². The van der Waals surface area contributed by atoms with E-state index in [0.717, 1.165) is 27.8 Å². The molecular weight excluding hydrogens is 515 g/mol. The lowest BCUT2D eigenvalue weighted by atomic mass is 9.83. The Kier molecular flexibility index (Phi) is 7.52. The van der Waals surface area contributed by atoms with Crippen LogP contribution in [-0.4, -0.2) is 33.9 Å². The summed E-state index contributed by atoms with van der Waals surface area (Å²) in [6, 6.07) is 20.7. The van der Waals surface area contributed by atoms with Crippen LogP contribution in [0.5, 0.6) is 0 Å². The van der Waals surface area contributed by atoms with Gasteiger partial charge in [0.25, 0.3) is 5.91 Å². The van der Waals surface area contributed by atoms with Gasteiger partial charge in [0.1, 0.15) is 5.82 Å². The Morgan fingerprint density at radius 2 is 1.66 bits per heavy atom. The fourth-order valence-corrected chi connectivity index (χ4v) is 6.63. The molecule has 2 heterocycles. The predicted molar refractivity (Wildman–Crippen MR) is 162 cm³/mol. The first-order valence-electron chi connectivity index (χ1n) is 14.7. The number of nitrogens with zero attached hydrogens (tertiary/aromatic N) is 2. The number of amides is 2. The van der Waals surface area contributed by atoms with Gasteiger partial charge < -0.3 is 20.1 Å². The summed E-state index contributed by atoms with van der Waals surface area (Å²) in [5.74, 6) is -1.53. The van der Waals surface area contributed by atoms with E-state index in [2.05, 4.69) is 10.6 Å². The molecule has 0 unspecified atom stereocenters. The van der Waals surface area contributed by atoms with E-state index >= 15 is 0 Å². The zero-order valence-corrected chi connectivity index (χ0v) is 23.7. The molecule has 6 rings (SSSR count). The number of hydrogen-bond donors (Lipinski definition) is 2. The Labute approximate surface area is 240 Å². The van der Waals surface area contributed by atoms with Crippen molar-refractivity contribution in [2.45, 2.75) is 57.5 Å². The third-order valence-corrected chi connectivity index (χ3v) is 8.80. The van der Waals surface area contributed by atoms with Gasteiger partial charge in [-0.1, -0.05) is 37.1 Å². The number of aryl methyl sites for hydroxylation is 2. The Hall–Kier alpha value is -4.13. The standard InChI is InChI=1S/C34H37FN4O2/c1-22-7-5-11-29(35)31(22)34(41)39-19-6-10-28(33(40)37-27-16-17-30-24(21-27)18-20-38(30)2)32(39)23-12-14-26(15-13-23)36-25-8-3-4-9-25/h5,7,11-18,20-21,25,28,32,36H,3-4,6,8-10,19H2,1-2H3,(H,37,40)/t28-,32-/m0/s1. The van der Waals surface area contributed by atoms with Crippen LogP contribution in [-0.2, 0) is 11.8 Å². The summed E-state index contributed by atoms with van der Waals surface area (Å²) in [7, 11) is 1.99. The summed E-state index contributed by atoms with van der Waals surface area (Å²) in [5.41, 5.74) is 4.39. The number of rotatable bonds is 6. The SMILES string of the molecule is Cc1cccc(F)c1C(=O)N1CCC[C@H](C(=O)Nc2ccc3c(ccn3C)c2)[C@@H]1c1ccc(NC2CCCC2)cc1. The van der Waals surface area contributed by atoms with Gasteiger partial charge in [0.15, 0.2) is 0 Å². The van der Waals surface area contributed by atoms with Crippen LogP contribution in [0.25, 0.3) is 10.9 Å². The summed E-state index contributed by atoms with van der Waals surface area (Å²) < 4.78 is 17.0. The molecule has 6 nitrogen and oxygen atoms in total. The van der Waals surface area contributed by atoms with Crippen molar-refractivity contribution in [2.24, 2.45) is 13.0 Å². The highest BCUT2D eigenvalue weighted by Gasteiger charge is 2.40. The minimum atomic E-state index is -0.535. The first-order valence-corrected chi connectivity index (χ1v) is 14.7. The maximum Gasteiger partial charge on any atom is 0.257 e. The topological polar surface area (TPSA) is 66.4 Å². The number of halogens is 1. The second kappa shape index (κ2) is 11.4. The van der Waals surface area contributed by atoms with Crippen LogP contribution in [0.2, 0.25) is 0 Å². The molecule has 41 heavy (non-hydrogen) atoms. The molecule has 1 aliphatic carbocycles. The molecule has 2 N–H and O–H groups in total. The Balaban J connectivity index is 1.32. The highest BCUT2D eigenvalue weighted by atomic mass is 19.1. The molecule has 1 aromatic heterocycles. The van der Waals surface area contributed by atoms with E-state index in [-0.39, 0.29) is 17.4 Å². The highest BCUT2D eigenvalue weighted by molar-refractivity contribution is 5.99. The average Bonchev–Trinajstić information content (AvgIpc) is 3.62. The van der Waals surface area contributed by atoms with Crippen molar-refractivity contribution in [1.82, 2.24) is 9.47 Å². The molecule has 2 amide bonds. The second-order valence-corrected chi connectivity index (χ2v) is 11.6. The van der Waals surface area contributed by atoms with E-state index in [1.54, 1.807) is 24.0 Å². The monoisotopic (exact) mass is 552 g/mol. The summed E-state index contributed by atoms with van der Waals surface area (Å²) >= 11 is 0. The van der Waals surface area contributed by atoms with Gasteiger partial charge in [-0.05, 0) is 86.2 Å². The number of anilines is 2. The summed E-state index contributed by atoms with van der Waals surface area (Å²) in [4.78, 5) is 29.5. The van der Waals surface area contributed by atoms with E-state index in [1.807, 2.05) is 66.3 Å². The molecule has 0 bridgehead atoms. The lowest BCUT2D eigenvalue weighted by molar-refractivity contribution is -0.123. The van der Waals surface area contributed by atoms with Gasteiger partial charge >= 0.3 is 0 Å². The minimum Gasteiger partial charge on any atom is -0.382 e. The number of piperidine rings is 1. The lowest BCUT2D eigenvalue weighted by Crippen LogP contribution is -2.46. The number of fused-ring (bicyclic) bond motifs is 1. The van der Waals surface area contributed by atoms with E-state index in [1.165, 1.54) is 31.7 Å². The van der Waals surface area contributed by atoms with E-state index in [4.69, 9.17) is 0 Å². The van der Waals surface area contributed by atoms with Gasteiger partial charge in [-0.25, -0.2) is 4.39 Å². The molecule has 0 radical (unpaired) electrons. The molecule has 2 fully saturated rings. The highest BCUT2D eigenvalue weighted by Crippen LogP contribution is 2.39. The number of carbonyl (C=O) groups is 2. The molecule has 4 aromatic rings. The van der Waals surface area contributed by atoms with Gasteiger partial charge in [0, 0.05) is 48.1 Å². The number of hydrogen-bond acceptors (Lipinski definition) is 3. The number of carbonyl (C=O) groups excluding carboxylic acids is 2. The van der Waals surface area contributed by atoms with Crippen molar-refractivity contribution in [1.29, 1.82) is 0 Å². The zero-order valence-electron chi connectivity index (χ0n) is 23.7. The van der Waals surface area contributed by atoms with Gasteiger partial charge in [-0.3, -0.25) is 9.59 Å². The number of nitrogens with one attached hydrogen (secondary N) is 2. The largest absolute Gasteiger partial charge is 0.382 e. The Bertz CT molecular complexity index is 1550. The van der Waals surface area contributed by atoms with Crippen LogP contribution in [0.4, 0.5) is 15.8 Å². The van der Waals surface area contributed by atoms with Crippen LogP contribution in [0.15, 0.2) is 72.9 Å². The van der Waals surface area contributed by atoms with E-state index in [0.29, 0.717) is 31.0 Å². The van der Waals surface area contributed by atoms with Crippen molar-refractivity contribution in [3.8, 4) is 0 Å². The van der Waals surface area contributed by atoms with Gasteiger partial charge in [0.2, 0.25) is 5.91 Å². The zero-order chi connectivity index (χ0) is 28.5. The quantitative estimate of drug-likeness (QED) is 0.266. The lowest BCUT2D eigenvalue weighted by Gasteiger charge is -2.41. The molecule has 7 heteroatoms. The second-order valence-electron chi connectivity index (χ2n) is 11.6. The molecule has 3 aromatic carbocycles. The smallest absolute Gasteiger partial charge is 0.257 e. The van der Waals surface area contributed by atoms with Gasteiger partial charge in [-0.2, -0.15) is 0 Å². The average molecular weight is 553 g/mol. The van der Waals surface area contributed by atoms with Gasteiger partial charge in [0.05, 0.1) is 17.5 Å². The van der Waals surface area contributed by atoms with Crippen LogP contribution >= 0.6 is 0 Å². The molecule has 1 saturated heterocycles. The number of likely N-dealkylation sites (tertiary alicyclic amines) is 1. The summed E-state index contributed by atoms with van der Waals surface area (Å²) in [6.45, 7) is 2.21. The predicted octanol–water partition coefficient (Wildman–Crippen LogP) is 7.21. The van der Waals surface area contributed by atoms with Crippen LogP contribution in [0.3, 0.4) is 0 Å². The minimum absolute atomic E-state index is 0.0765. The third kappa shape index (κ3) is 5.45. The van der Waals surface area contributed by atoms with Crippen molar-refractivity contribution in [2.75, 3.05) is 17.2 Å². The Morgan fingerprint density at radius 3 is 2.41 bits per heavy atom. The molecule has 2 aliphatic rings. The molecule has 1 aliphatic heterocycles. The maximum atomic E-state index is 15.0. The summed E-state index contributed by atoms with van der Waals surface area (Å²) in [5, 5.41) is 7.78. The molecule has 0 spiro atoms. The fraction of sp³-hybridized carbons (Fsp3) is 0.353. The van der Waals surface area contributed by atoms with Crippen molar-refractivity contribution < 1.29 is 14.0 Å². The normalized spacial score (nSPS) is 19.4. The number of aromatic nitrogens is 1. The summed E-state index contributed by atoms with van der Waals surface area (Å²) in [6.07, 6.45) is 8.12. The van der Waals surface area contributed by atoms with Crippen LogP contribution in [0.1, 0.15) is 66.1 Å². The molecule has 2 atom stereocenters. The van der Waals surface area contributed by atoms with Crippen LogP contribution in [0, 0.1) is 18.7 Å². The molecular formula is C34H37FN4O2. The van der Waals surface area contributed by atoms with E-state index < -0.39 is 17.8 Å². The molecule has 1 saturated carbocycles. The van der Waals surface area contributed by atoms with Gasteiger partial charge in [-0.15, -0.1) is 0 Å². The number of benzene rings is 3. The molecule has 212 valence electrons. The van der Waals surface area contributed by atoms with Crippen molar-refractivity contribution in [3.63, 3.8) is 0 Å².